The number of nitrogens with one attached hydrogen (secondary N) is 2. The number of carbonyl (C=O) groups is 1. The van der Waals surface area contributed by atoms with E-state index in [0.717, 1.165) is 6.20 Å². The number of hydrogen-bond donors (Lipinski definition) is 2. The van der Waals surface area contributed by atoms with Crippen molar-refractivity contribution in [2.45, 2.75) is 20.3 Å². The van der Waals surface area contributed by atoms with Crippen LogP contribution < -0.4 is 10.6 Å². The molecular formula is C13H20N4O4. The maximum Gasteiger partial charge on any atom is 0.300 e. The summed E-state index contributed by atoms with van der Waals surface area (Å²) in [6, 6.07) is 1.39. The van der Waals surface area contributed by atoms with Crippen molar-refractivity contribution in [3.05, 3.63) is 27.9 Å². The van der Waals surface area contributed by atoms with E-state index in [1.807, 2.05) is 13.8 Å². The molecule has 1 aromatic heterocycles. The minimum Gasteiger partial charge on any atom is -0.382 e. The molecule has 0 aliphatic heterocycles. The van der Waals surface area contributed by atoms with Crippen LogP contribution in [-0.2, 0) is 4.74 Å². The third-order valence-corrected chi connectivity index (χ3v) is 2.64. The Morgan fingerprint density at radius 2 is 2.24 bits per heavy atom. The van der Waals surface area contributed by atoms with E-state index in [4.69, 9.17) is 4.74 Å². The molecule has 0 fully saturated rings. The van der Waals surface area contributed by atoms with E-state index in [-0.39, 0.29) is 11.3 Å². The summed E-state index contributed by atoms with van der Waals surface area (Å²) in [6.45, 7) is 5.93. The Balaban J connectivity index is 2.75. The monoisotopic (exact) mass is 296 g/mol. The number of hydrogen-bond acceptors (Lipinski definition) is 6. The van der Waals surface area contributed by atoms with Crippen molar-refractivity contribution in [1.29, 1.82) is 0 Å². The van der Waals surface area contributed by atoms with E-state index in [1.165, 1.54) is 6.07 Å². The van der Waals surface area contributed by atoms with Gasteiger partial charge in [0.2, 0.25) is 0 Å². The lowest BCUT2D eigenvalue weighted by Gasteiger charge is -2.08. The average molecular weight is 296 g/mol. The molecule has 0 spiro atoms. The second kappa shape index (κ2) is 8.85. The summed E-state index contributed by atoms with van der Waals surface area (Å²) in [5.41, 5.74) is -0.304. The van der Waals surface area contributed by atoms with Crippen LogP contribution in [-0.4, -0.2) is 42.1 Å². The van der Waals surface area contributed by atoms with Crippen LogP contribution in [0.5, 0.6) is 0 Å². The first kappa shape index (κ1) is 16.8. The molecule has 1 heterocycles. The maximum atomic E-state index is 12.0. The third kappa shape index (κ3) is 5.35. The number of ether oxygens (including phenoxy) is 1. The predicted molar refractivity (Wildman–Crippen MR) is 78.5 cm³/mol. The number of nitro groups is 1. The molecule has 1 aromatic rings. The number of anilines is 1. The molecule has 0 aliphatic rings. The van der Waals surface area contributed by atoms with Gasteiger partial charge in [0.1, 0.15) is 17.6 Å². The molecule has 8 heteroatoms. The summed E-state index contributed by atoms with van der Waals surface area (Å²) in [7, 11) is 0. The third-order valence-electron chi connectivity index (χ3n) is 2.64. The summed E-state index contributed by atoms with van der Waals surface area (Å²) < 4.78 is 5.15. The number of amides is 1. The number of pyridine rings is 1. The van der Waals surface area contributed by atoms with Gasteiger partial charge in [-0.3, -0.25) is 14.9 Å². The van der Waals surface area contributed by atoms with Crippen LogP contribution in [0.2, 0.25) is 0 Å². The van der Waals surface area contributed by atoms with Crippen LogP contribution in [0.3, 0.4) is 0 Å². The molecule has 0 radical (unpaired) electrons. The van der Waals surface area contributed by atoms with Gasteiger partial charge in [-0.2, -0.15) is 0 Å². The van der Waals surface area contributed by atoms with Crippen LogP contribution in [0.4, 0.5) is 11.5 Å². The molecule has 116 valence electrons. The maximum absolute atomic E-state index is 12.0. The van der Waals surface area contributed by atoms with Gasteiger partial charge in [0.05, 0.1) is 4.92 Å². The molecule has 0 saturated carbocycles. The van der Waals surface area contributed by atoms with Gasteiger partial charge in [-0.05, 0) is 20.3 Å². The number of nitrogens with zero attached hydrogens (tertiary/aromatic N) is 2. The summed E-state index contributed by atoms with van der Waals surface area (Å²) in [6.07, 6.45) is 1.74. The fraction of sp³-hybridized carbons (Fsp3) is 0.538. The highest BCUT2D eigenvalue weighted by molar-refractivity contribution is 5.98. The van der Waals surface area contributed by atoms with E-state index >= 15 is 0 Å². The lowest BCUT2D eigenvalue weighted by Crippen LogP contribution is -2.26. The first-order chi connectivity index (χ1) is 10.1. The van der Waals surface area contributed by atoms with E-state index < -0.39 is 10.8 Å². The van der Waals surface area contributed by atoms with Gasteiger partial charge in [-0.15, -0.1) is 0 Å². The Hall–Kier alpha value is -2.22. The SMILES string of the molecule is CCNc1cc(C(=O)NCCCOCC)c([N+](=O)[O-])cn1. The second-order valence-corrected chi connectivity index (χ2v) is 4.18. The van der Waals surface area contributed by atoms with Gasteiger partial charge >= 0.3 is 0 Å². The van der Waals surface area contributed by atoms with Crippen molar-refractivity contribution in [3.63, 3.8) is 0 Å². The zero-order valence-electron chi connectivity index (χ0n) is 12.2. The van der Waals surface area contributed by atoms with Crippen LogP contribution >= 0.6 is 0 Å². The smallest absolute Gasteiger partial charge is 0.300 e. The highest BCUT2D eigenvalue weighted by Gasteiger charge is 2.21. The van der Waals surface area contributed by atoms with Crippen molar-refractivity contribution in [2.75, 3.05) is 31.6 Å². The lowest BCUT2D eigenvalue weighted by molar-refractivity contribution is -0.385. The van der Waals surface area contributed by atoms with E-state index in [1.54, 1.807) is 0 Å². The lowest BCUT2D eigenvalue weighted by atomic mass is 10.2. The van der Waals surface area contributed by atoms with Gasteiger partial charge in [0.15, 0.2) is 0 Å². The number of carbonyl (C=O) groups excluding carboxylic acids is 1. The zero-order valence-corrected chi connectivity index (χ0v) is 12.2. The van der Waals surface area contributed by atoms with Gasteiger partial charge in [-0.25, -0.2) is 4.98 Å². The van der Waals surface area contributed by atoms with Gasteiger partial charge < -0.3 is 15.4 Å². The van der Waals surface area contributed by atoms with Crippen LogP contribution in [0.25, 0.3) is 0 Å². The first-order valence-electron chi connectivity index (χ1n) is 6.84. The van der Waals surface area contributed by atoms with E-state index in [9.17, 15) is 14.9 Å². The molecule has 0 atom stereocenters. The summed E-state index contributed by atoms with van der Waals surface area (Å²) in [4.78, 5) is 26.3. The molecule has 1 amide bonds. The quantitative estimate of drug-likeness (QED) is 0.407. The molecule has 1 rings (SSSR count). The van der Waals surface area contributed by atoms with Gasteiger partial charge in [0, 0.05) is 32.4 Å². The van der Waals surface area contributed by atoms with Gasteiger partial charge in [-0.1, -0.05) is 0 Å². The zero-order chi connectivity index (χ0) is 15.7. The molecular weight excluding hydrogens is 276 g/mol. The first-order valence-corrected chi connectivity index (χ1v) is 6.84. The fourth-order valence-corrected chi connectivity index (χ4v) is 1.67. The average Bonchev–Trinajstić information content (AvgIpc) is 2.47. The largest absolute Gasteiger partial charge is 0.382 e. The molecule has 0 aromatic carbocycles. The number of aromatic nitrogens is 1. The van der Waals surface area contributed by atoms with Crippen LogP contribution in [0, 0.1) is 10.1 Å². The van der Waals surface area contributed by atoms with E-state index in [0.29, 0.717) is 38.5 Å². The molecule has 2 N–H and O–H groups in total. The van der Waals surface area contributed by atoms with Crippen molar-refractivity contribution < 1.29 is 14.5 Å². The predicted octanol–water partition coefficient (Wildman–Crippen LogP) is 1.58. The fourth-order valence-electron chi connectivity index (χ4n) is 1.67. The Bertz CT molecular complexity index is 493. The summed E-state index contributed by atoms with van der Waals surface area (Å²) >= 11 is 0. The Morgan fingerprint density at radius 3 is 2.86 bits per heavy atom. The molecule has 0 aliphatic carbocycles. The molecule has 0 bridgehead atoms. The van der Waals surface area contributed by atoms with Crippen LogP contribution in [0.15, 0.2) is 12.3 Å². The Labute approximate surface area is 123 Å². The minimum absolute atomic E-state index is 0.00219. The molecule has 0 unspecified atom stereocenters. The van der Waals surface area contributed by atoms with Crippen LogP contribution in [0.1, 0.15) is 30.6 Å². The van der Waals surface area contributed by atoms with Crippen molar-refractivity contribution in [1.82, 2.24) is 10.3 Å². The molecule has 21 heavy (non-hydrogen) atoms. The number of rotatable bonds is 9. The highest BCUT2D eigenvalue weighted by atomic mass is 16.6. The topological polar surface area (TPSA) is 106 Å². The minimum atomic E-state index is -0.613. The molecule has 8 nitrogen and oxygen atoms in total. The Kier molecular flexibility index (Phi) is 7.10. The van der Waals surface area contributed by atoms with Crippen molar-refractivity contribution >= 4 is 17.4 Å². The van der Waals surface area contributed by atoms with Crippen molar-refractivity contribution in [2.24, 2.45) is 0 Å². The highest BCUT2D eigenvalue weighted by Crippen LogP contribution is 2.20. The Morgan fingerprint density at radius 1 is 1.48 bits per heavy atom. The standard InChI is InChI=1S/C13H20N4O4/c1-3-14-12-8-10(11(9-16-12)17(19)20)13(18)15-6-5-7-21-4-2/h8-9H,3-7H2,1-2H3,(H,14,16)(H,15,18). The van der Waals surface area contributed by atoms with Crippen molar-refractivity contribution in [3.8, 4) is 0 Å². The van der Waals surface area contributed by atoms with E-state index in [2.05, 4.69) is 15.6 Å². The van der Waals surface area contributed by atoms with Gasteiger partial charge in [0.25, 0.3) is 11.6 Å². The molecule has 0 saturated heterocycles. The second-order valence-electron chi connectivity index (χ2n) is 4.18. The summed E-state index contributed by atoms with van der Waals surface area (Å²) in [5.74, 6) is -0.0534. The normalized spacial score (nSPS) is 10.2. The summed E-state index contributed by atoms with van der Waals surface area (Å²) in [5, 5.41) is 16.5.